The Labute approximate surface area is 48.9 Å². The number of ether oxygens (including phenoxy) is 1. The Bertz CT molecular complexity index is 53.6. The number of aliphatic hydroxyl groups is 2. The van der Waals surface area contributed by atoms with Crippen molar-refractivity contribution in [2.24, 2.45) is 0 Å². The molecule has 0 aliphatic rings. The Kier molecular flexibility index (Phi) is 3.77. The lowest BCUT2D eigenvalue weighted by molar-refractivity contribution is -0.136. The summed E-state index contributed by atoms with van der Waals surface area (Å²) in [6.07, 6.45) is -1.82. The van der Waals surface area contributed by atoms with Gasteiger partial charge in [0.2, 0.25) is 0 Å². The predicted octanol–water partition coefficient (Wildman–Crippen LogP) is -0.278. The summed E-state index contributed by atoms with van der Waals surface area (Å²) in [5.74, 6) is 0. The summed E-state index contributed by atoms with van der Waals surface area (Å²) in [5.41, 5.74) is 0. The number of hydrogen-bond acceptors (Lipinski definition) is 3. The molecule has 0 amide bonds. The lowest BCUT2D eigenvalue weighted by atomic mass is 10.4. The zero-order chi connectivity index (χ0) is 6.57. The van der Waals surface area contributed by atoms with Gasteiger partial charge < -0.3 is 14.9 Å². The van der Waals surface area contributed by atoms with Gasteiger partial charge in [0.25, 0.3) is 0 Å². The highest BCUT2D eigenvalue weighted by molar-refractivity contribution is 4.47. The van der Waals surface area contributed by atoms with E-state index in [2.05, 4.69) is 0 Å². The highest BCUT2D eigenvalue weighted by Gasteiger charge is 2.07. The summed E-state index contributed by atoms with van der Waals surface area (Å²) in [6, 6.07) is 0. The van der Waals surface area contributed by atoms with Crippen molar-refractivity contribution in [1.82, 2.24) is 0 Å². The molecule has 3 nitrogen and oxygen atoms in total. The first-order chi connectivity index (χ1) is 3.68. The molecular formula is C5H12O3. The van der Waals surface area contributed by atoms with Crippen LogP contribution in [0.1, 0.15) is 13.8 Å². The first kappa shape index (κ1) is 7.88. The highest BCUT2D eigenvalue weighted by atomic mass is 16.5. The molecule has 0 saturated carbocycles. The molecule has 0 heterocycles. The van der Waals surface area contributed by atoms with Crippen LogP contribution < -0.4 is 0 Å². The smallest absolute Gasteiger partial charge is 0.178 e. The second-order valence-corrected chi connectivity index (χ2v) is 1.57. The molecule has 0 bridgehead atoms. The summed E-state index contributed by atoms with van der Waals surface area (Å²) in [6.45, 7) is 3.92. The number of aliphatic hydroxyl groups excluding tert-OH is 1. The fourth-order valence-electron chi connectivity index (χ4n) is 0.349. The van der Waals surface area contributed by atoms with Gasteiger partial charge in [0.15, 0.2) is 6.29 Å². The SMILES string of the molecule is CCOC(C)C(O)O. The zero-order valence-corrected chi connectivity index (χ0v) is 5.16. The molecule has 0 saturated heterocycles. The third kappa shape index (κ3) is 2.96. The van der Waals surface area contributed by atoms with Gasteiger partial charge in [-0.15, -0.1) is 0 Å². The second kappa shape index (κ2) is 3.83. The van der Waals surface area contributed by atoms with E-state index in [0.717, 1.165) is 0 Å². The molecule has 1 unspecified atom stereocenters. The van der Waals surface area contributed by atoms with Crippen LogP contribution in [-0.2, 0) is 4.74 Å². The van der Waals surface area contributed by atoms with Crippen molar-refractivity contribution in [3.05, 3.63) is 0 Å². The van der Waals surface area contributed by atoms with E-state index in [0.29, 0.717) is 6.61 Å². The maximum absolute atomic E-state index is 8.38. The molecule has 0 fully saturated rings. The van der Waals surface area contributed by atoms with Crippen LogP contribution in [0.5, 0.6) is 0 Å². The highest BCUT2D eigenvalue weighted by Crippen LogP contribution is 1.92. The van der Waals surface area contributed by atoms with Crippen molar-refractivity contribution in [3.63, 3.8) is 0 Å². The minimum absolute atomic E-state index is 0.472. The van der Waals surface area contributed by atoms with Gasteiger partial charge in [-0.05, 0) is 13.8 Å². The third-order valence-corrected chi connectivity index (χ3v) is 0.849. The molecule has 8 heavy (non-hydrogen) atoms. The Hall–Kier alpha value is -0.120. The van der Waals surface area contributed by atoms with Crippen molar-refractivity contribution in [2.75, 3.05) is 6.61 Å². The predicted molar refractivity (Wildman–Crippen MR) is 29.3 cm³/mol. The number of hydrogen-bond donors (Lipinski definition) is 2. The minimum atomic E-state index is -1.35. The first-order valence-electron chi connectivity index (χ1n) is 2.66. The van der Waals surface area contributed by atoms with Gasteiger partial charge in [-0.2, -0.15) is 0 Å². The van der Waals surface area contributed by atoms with Crippen molar-refractivity contribution < 1.29 is 14.9 Å². The minimum Gasteiger partial charge on any atom is -0.374 e. The van der Waals surface area contributed by atoms with Gasteiger partial charge in [-0.25, -0.2) is 0 Å². The van der Waals surface area contributed by atoms with Gasteiger partial charge in [-0.3, -0.25) is 0 Å². The average Bonchev–Trinajstić information content (AvgIpc) is 1.67. The van der Waals surface area contributed by atoms with Crippen molar-refractivity contribution in [3.8, 4) is 0 Å². The van der Waals surface area contributed by atoms with E-state index in [9.17, 15) is 0 Å². The van der Waals surface area contributed by atoms with Crippen molar-refractivity contribution in [1.29, 1.82) is 0 Å². The van der Waals surface area contributed by atoms with E-state index in [4.69, 9.17) is 14.9 Å². The maximum atomic E-state index is 8.38. The summed E-state index contributed by atoms with van der Waals surface area (Å²) >= 11 is 0. The van der Waals surface area contributed by atoms with Crippen LogP contribution in [-0.4, -0.2) is 29.2 Å². The fraction of sp³-hybridized carbons (Fsp3) is 1.00. The van der Waals surface area contributed by atoms with Crippen LogP contribution in [0.3, 0.4) is 0 Å². The molecular weight excluding hydrogens is 108 g/mol. The van der Waals surface area contributed by atoms with Gasteiger partial charge in [0.05, 0.1) is 0 Å². The average molecular weight is 120 g/mol. The van der Waals surface area contributed by atoms with E-state index >= 15 is 0 Å². The van der Waals surface area contributed by atoms with E-state index in [-0.39, 0.29) is 0 Å². The molecule has 1 atom stereocenters. The monoisotopic (exact) mass is 120 g/mol. The second-order valence-electron chi connectivity index (χ2n) is 1.57. The molecule has 0 aromatic rings. The maximum Gasteiger partial charge on any atom is 0.178 e. The molecule has 2 N–H and O–H groups in total. The number of rotatable bonds is 3. The van der Waals surface area contributed by atoms with Crippen LogP contribution in [0.4, 0.5) is 0 Å². The van der Waals surface area contributed by atoms with Gasteiger partial charge in [0.1, 0.15) is 6.10 Å². The van der Waals surface area contributed by atoms with Crippen LogP contribution in [0.2, 0.25) is 0 Å². The molecule has 50 valence electrons. The van der Waals surface area contributed by atoms with E-state index < -0.39 is 12.4 Å². The molecule has 0 radical (unpaired) electrons. The quantitative estimate of drug-likeness (QED) is 0.504. The third-order valence-electron chi connectivity index (χ3n) is 0.849. The Morgan fingerprint density at radius 2 is 2.00 bits per heavy atom. The Morgan fingerprint density at radius 3 is 2.12 bits per heavy atom. The van der Waals surface area contributed by atoms with Crippen LogP contribution in [0.15, 0.2) is 0 Å². The van der Waals surface area contributed by atoms with Gasteiger partial charge in [0, 0.05) is 6.61 Å². The van der Waals surface area contributed by atoms with E-state index in [1.54, 1.807) is 13.8 Å². The normalized spacial score (nSPS) is 14.6. The van der Waals surface area contributed by atoms with Crippen LogP contribution in [0.25, 0.3) is 0 Å². The van der Waals surface area contributed by atoms with Crippen LogP contribution in [0, 0.1) is 0 Å². The van der Waals surface area contributed by atoms with E-state index in [1.807, 2.05) is 0 Å². The Balaban J connectivity index is 3.17. The molecule has 0 aliphatic heterocycles. The van der Waals surface area contributed by atoms with Crippen molar-refractivity contribution >= 4 is 0 Å². The lowest BCUT2D eigenvalue weighted by Gasteiger charge is -2.12. The summed E-state index contributed by atoms with van der Waals surface area (Å²) in [5, 5.41) is 16.8. The molecule has 0 spiro atoms. The molecule has 3 heteroatoms. The standard InChI is InChI=1S/C5H12O3/c1-3-8-4(2)5(6)7/h4-7H,3H2,1-2H3. The fourth-order valence-corrected chi connectivity index (χ4v) is 0.349. The molecule has 0 aliphatic carbocycles. The Morgan fingerprint density at radius 1 is 1.50 bits per heavy atom. The van der Waals surface area contributed by atoms with Crippen LogP contribution >= 0.6 is 0 Å². The molecule has 0 rings (SSSR count). The first-order valence-corrected chi connectivity index (χ1v) is 2.66. The zero-order valence-electron chi connectivity index (χ0n) is 5.16. The van der Waals surface area contributed by atoms with Gasteiger partial charge in [-0.1, -0.05) is 0 Å². The topological polar surface area (TPSA) is 49.7 Å². The van der Waals surface area contributed by atoms with E-state index in [1.165, 1.54) is 0 Å². The molecule has 0 aromatic carbocycles. The molecule has 0 aromatic heterocycles. The summed E-state index contributed by atoms with van der Waals surface area (Å²) < 4.78 is 4.80. The summed E-state index contributed by atoms with van der Waals surface area (Å²) in [4.78, 5) is 0. The van der Waals surface area contributed by atoms with Crippen molar-refractivity contribution in [2.45, 2.75) is 26.2 Å². The largest absolute Gasteiger partial charge is 0.374 e. The summed E-state index contributed by atoms with van der Waals surface area (Å²) in [7, 11) is 0. The lowest BCUT2D eigenvalue weighted by Crippen LogP contribution is -2.24. The van der Waals surface area contributed by atoms with Gasteiger partial charge >= 0.3 is 0 Å².